The molecule has 1 unspecified atom stereocenters. The van der Waals surface area contributed by atoms with Crippen LogP contribution >= 0.6 is 0 Å². The van der Waals surface area contributed by atoms with Crippen molar-refractivity contribution >= 4 is 17.8 Å². The van der Waals surface area contributed by atoms with Gasteiger partial charge in [-0.1, -0.05) is 72.8 Å². The fourth-order valence-electron chi connectivity index (χ4n) is 5.26. The summed E-state index contributed by atoms with van der Waals surface area (Å²) in [4.78, 5) is 44.1. The normalized spacial score (nSPS) is 19.2. The molecule has 2 heterocycles. The summed E-state index contributed by atoms with van der Waals surface area (Å²) in [6, 6.07) is 25.4. The van der Waals surface area contributed by atoms with Gasteiger partial charge in [0.1, 0.15) is 24.6 Å². The van der Waals surface area contributed by atoms with E-state index in [1.807, 2.05) is 66.7 Å². The van der Waals surface area contributed by atoms with Crippen LogP contribution in [0.15, 0.2) is 84.9 Å². The van der Waals surface area contributed by atoms with Crippen LogP contribution in [-0.4, -0.2) is 69.5 Å². The molecule has 2 atom stereocenters. The van der Waals surface area contributed by atoms with Gasteiger partial charge in [-0.2, -0.15) is 10.3 Å². The second-order valence-corrected chi connectivity index (χ2v) is 9.80. The van der Waals surface area contributed by atoms with E-state index in [1.165, 1.54) is 27.1 Å². The molecule has 0 bridgehead atoms. The molecule has 204 valence electrons. The first kappa shape index (κ1) is 26.8. The molecule has 2 aliphatic rings. The van der Waals surface area contributed by atoms with Crippen LogP contribution < -0.4 is 5.32 Å². The maximum Gasteiger partial charge on any atom is 0.334 e. The standard InChI is InChI=1S/C30H29FN6O3/c31-25-13-11-24(12-14-25)19-34-20-27-36(26(29(34)39)17-22-7-3-1-4-8-22)28(38)21-35(16-15-32)37(27)30(40)33-18-23-9-5-2-6-10-23/h1-14,26-27H,16-21H2,(H,33,40)/t26-,27?/m0/s1. The predicted octanol–water partition coefficient (Wildman–Crippen LogP) is 2.90. The molecule has 2 fully saturated rings. The Morgan fingerprint density at radius 3 is 2.23 bits per heavy atom. The van der Waals surface area contributed by atoms with Crippen molar-refractivity contribution in [2.75, 3.05) is 19.6 Å². The first-order chi connectivity index (χ1) is 19.4. The van der Waals surface area contributed by atoms with Crippen molar-refractivity contribution in [3.8, 4) is 6.07 Å². The average Bonchev–Trinajstić information content (AvgIpc) is 2.96. The number of nitrogens with one attached hydrogen (secondary N) is 1. The third-order valence-corrected chi connectivity index (χ3v) is 7.14. The number of nitrogens with zero attached hydrogens (tertiary/aromatic N) is 5. The number of hydrogen-bond acceptors (Lipinski definition) is 5. The van der Waals surface area contributed by atoms with Crippen LogP contribution in [0.2, 0.25) is 0 Å². The number of hydrazine groups is 1. The molecule has 2 saturated heterocycles. The van der Waals surface area contributed by atoms with E-state index in [0.717, 1.165) is 16.7 Å². The summed E-state index contributed by atoms with van der Waals surface area (Å²) in [5.74, 6) is -0.965. The highest BCUT2D eigenvalue weighted by atomic mass is 19.1. The van der Waals surface area contributed by atoms with Crippen LogP contribution in [0.25, 0.3) is 0 Å². The van der Waals surface area contributed by atoms with Gasteiger partial charge in [0.25, 0.3) is 0 Å². The lowest BCUT2D eigenvalue weighted by atomic mass is 9.98. The van der Waals surface area contributed by atoms with E-state index >= 15 is 0 Å². The van der Waals surface area contributed by atoms with E-state index in [0.29, 0.717) is 0 Å². The molecule has 0 saturated carbocycles. The molecular formula is C30H29FN6O3. The summed E-state index contributed by atoms with van der Waals surface area (Å²) in [6.07, 6.45) is -0.572. The lowest BCUT2D eigenvalue weighted by molar-refractivity contribution is -0.189. The van der Waals surface area contributed by atoms with Crippen LogP contribution in [0, 0.1) is 17.1 Å². The summed E-state index contributed by atoms with van der Waals surface area (Å²) in [7, 11) is 0. The number of halogens is 1. The molecule has 1 N–H and O–H groups in total. The largest absolute Gasteiger partial charge is 0.334 e. The van der Waals surface area contributed by atoms with Gasteiger partial charge in [-0.3, -0.25) is 9.59 Å². The molecule has 10 heteroatoms. The zero-order valence-corrected chi connectivity index (χ0v) is 21.8. The minimum atomic E-state index is -0.859. The zero-order valence-electron chi connectivity index (χ0n) is 21.8. The van der Waals surface area contributed by atoms with Gasteiger partial charge in [0.15, 0.2) is 0 Å². The first-order valence-electron chi connectivity index (χ1n) is 13.1. The number of nitriles is 1. The predicted molar refractivity (Wildman–Crippen MR) is 144 cm³/mol. The Labute approximate surface area is 232 Å². The number of fused-ring (bicyclic) bond motifs is 1. The fraction of sp³-hybridized carbons (Fsp3) is 0.267. The lowest BCUT2D eigenvalue weighted by Crippen LogP contribution is -2.76. The highest BCUT2D eigenvalue weighted by Gasteiger charge is 2.51. The maximum atomic E-state index is 13.9. The van der Waals surface area contributed by atoms with Gasteiger partial charge in [-0.15, -0.1) is 0 Å². The number of hydrogen-bond donors (Lipinski definition) is 1. The van der Waals surface area contributed by atoms with E-state index < -0.39 is 18.2 Å². The third-order valence-electron chi connectivity index (χ3n) is 7.14. The molecule has 40 heavy (non-hydrogen) atoms. The minimum absolute atomic E-state index is 0.0356. The van der Waals surface area contributed by atoms with E-state index in [9.17, 15) is 24.0 Å². The molecule has 0 aliphatic carbocycles. The SMILES string of the molecule is N#CCN1CC(=O)N2C(CN(Cc3ccc(F)cc3)C(=O)[C@@H]2Cc2ccccc2)N1C(=O)NCc1ccccc1. The highest BCUT2D eigenvalue weighted by molar-refractivity contribution is 5.91. The quantitative estimate of drug-likeness (QED) is 0.465. The Kier molecular flexibility index (Phi) is 8.03. The number of piperazine rings is 1. The number of amides is 4. The van der Waals surface area contributed by atoms with Gasteiger partial charge < -0.3 is 15.1 Å². The van der Waals surface area contributed by atoms with Crippen molar-refractivity contribution in [3.63, 3.8) is 0 Å². The third kappa shape index (κ3) is 5.80. The molecule has 0 radical (unpaired) electrons. The summed E-state index contributed by atoms with van der Waals surface area (Å²) in [5, 5.41) is 15.2. The Balaban J connectivity index is 1.48. The van der Waals surface area contributed by atoms with Crippen LogP contribution in [0.1, 0.15) is 16.7 Å². The summed E-state index contributed by atoms with van der Waals surface area (Å²) in [6.45, 7) is 0.0843. The van der Waals surface area contributed by atoms with E-state index in [-0.39, 0.29) is 56.8 Å². The van der Waals surface area contributed by atoms with Crippen molar-refractivity contribution < 1.29 is 18.8 Å². The Morgan fingerprint density at radius 2 is 1.57 bits per heavy atom. The molecule has 3 aromatic rings. The van der Waals surface area contributed by atoms with E-state index in [1.54, 1.807) is 17.0 Å². The molecule has 0 spiro atoms. The molecule has 2 aliphatic heterocycles. The van der Waals surface area contributed by atoms with Crippen LogP contribution in [-0.2, 0) is 29.1 Å². The summed E-state index contributed by atoms with van der Waals surface area (Å²) < 4.78 is 13.6. The van der Waals surface area contributed by atoms with Gasteiger partial charge in [-0.25, -0.2) is 14.2 Å². The minimum Gasteiger partial charge on any atom is -0.333 e. The molecule has 0 aromatic heterocycles. The van der Waals surface area contributed by atoms with Crippen molar-refractivity contribution in [1.29, 1.82) is 5.26 Å². The Morgan fingerprint density at radius 1 is 0.925 bits per heavy atom. The van der Waals surface area contributed by atoms with E-state index in [2.05, 4.69) is 5.32 Å². The highest BCUT2D eigenvalue weighted by Crippen LogP contribution is 2.29. The van der Waals surface area contributed by atoms with E-state index in [4.69, 9.17) is 0 Å². The van der Waals surface area contributed by atoms with Gasteiger partial charge >= 0.3 is 6.03 Å². The molecular weight excluding hydrogens is 511 g/mol. The first-order valence-corrected chi connectivity index (χ1v) is 13.1. The van der Waals surface area contributed by atoms with Crippen molar-refractivity contribution in [1.82, 2.24) is 25.1 Å². The Hall–Kier alpha value is -4.75. The second-order valence-electron chi connectivity index (χ2n) is 9.80. The van der Waals surface area contributed by atoms with Gasteiger partial charge in [0, 0.05) is 19.5 Å². The van der Waals surface area contributed by atoms with Gasteiger partial charge in [-0.05, 0) is 28.8 Å². The monoisotopic (exact) mass is 540 g/mol. The van der Waals surface area contributed by atoms with Crippen molar-refractivity contribution in [2.45, 2.75) is 31.7 Å². The van der Waals surface area contributed by atoms with Crippen LogP contribution in [0.3, 0.4) is 0 Å². The number of carbonyl (C=O) groups is 3. The second kappa shape index (κ2) is 12.0. The molecule has 4 amide bonds. The number of benzene rings is 3. The van der Waals surface area contributed by atoms with Crippen molar-refractivity contribution in [3.05, 3.63) is 107 Å². The van der Waals surface area contributed by atoms with Crippen LogP contribution in [0.5, 0.6) is 0 Å². The fourth-order valence-corrected chi connectivity index (χ4v) is 5.26. The molecule has 9 nitrogen and oxygen atoms in total. The topological polar surface area (TPSA) is 100.0 Å². The van der Waals surface area contributed by atoms with Crippen LogP contribution in [0.4, 0.5) is 9.18 Å². The summed E-state index contributed by atoms with van der Waals surface area (Å²) in [5.41, 5.74) is 2.49. The number of urea groups is 1. The zero-order chi connectivity index (χ0) is 28.1. The Bertz CT molecular complexity index is 1400. The number of rotatable bonds is 7. The van der Waals surface area contributed by atoms with Gasteiger partial charge in [0.2, 0.25) is 11.8 Å². The maximum absolute atomic E-state index is 13.9. The smallest absolute Gasteiger partial charge is 0.333 e. The lowest BCUT2D eigenvalue weighted by Gasteiger charge is -2.54. The average molecular weight is 541 g/mol. The molecule has 5 rings (SSSR count). The molecule has 3 aromatic carbocycles. The number of carbonyl (C=O) groups excluding carboxylic acids is 3. The summed E-state index contributed by atoms with van der Waals surface area (Å²) >= 11 is 0. The van der Waals surface area contributed by atoms with Gasteiger partial charge in [0.05, 0.1) is 19.2 Å². The van der Waals surface area contributed by atoms with Crippen molar-refractivity contribution in [2.24, 2.45) is 0 Å².